The molecule has 98 valence electrons. The molecule has 18 heavy (non-hydrogen) atoms. The minimum Gasteiger partial charge on any atom is -0.507 e. The van der Waals surface area contributed by atoms with E-state index in [1.54, 1.807) is 30.1 Å². The van der Waals surface area contributed by atoms with Crippen LogP contribution in [0.3, 0.4) is 0 Å². The van der Waals surface area contributed by atoms with E-state index in [2.05, 4.69) is 0 Å². The molecule has 4 heteroatoms. The number of hydrogen-bond acceptors (Lipinski definition) is 3. The summed E-state index contributed by atoms with van der Waals surface area (Å²) >= 11 is 0. The van der Waals surface area contributed by atoms with Gasteiger partial charge in [0, 0.05) is 19.1 Å². The third kappa shape index (κ3) is 2.48. The number of amides is 1. The van der Waals surface area contributed by atoms with Gasteiger partial charge in [-0.2, -0.15) is 0 Å². The van der Waals surface area contributed by atoms with Crippen LogP contribution < -0.4 is 5.73 Å². The lowest BCUT2D eigenvalue weighted by Crippen LogP contribution is -2.50. The Labute approximate surface area is 107 Å². The first kappa shape index (κ1) is 12.9. The highest BCUT2D eigenvalue weighted by atomic mass is 16.3. The second kappa shape index (κ2) is 5.40. The van der Waals surface area contributed by atoms with E-state index in [0.29, 0.717) is 5.56 Å². The fourth-order valence-electron chi connectivity index (χ4n) is 2.62. The summed E-state index contributed by atoms with van der Waals surface area (Å²) in [4.78, 5) is 14.0. The van der Waals surface area contributed by atoms with Crippen LogP contribution in [0.25, 0.3) is 0 Å². The number of carbonyl (C=O) groups excluding carboxylic acids is 1. The number of rotatable bonds is 2. The Balaban J connectivity index is 2.16. The first-order valence-electron chi connectivity index (χ1n) is 6.42. The average Bonchev–Trinajstić information content (AvgIpc) is 2.38. The summed E-state index contributed by atoms with van der Waals surface area (Å²) in [6, 6.07) is 6.74. The number of benzene rings is 1. The Morgan fingerprint density at radius 2 is 2.00 bits per heavy atom. The predicted molar refractivity (Wildman–Crippen MR) is 70.4 cm³/mol. The molecule has 2 unspecified atom stereocenters. The molecule has 2 rings (SSSR count). The van der Waals surface area contributed by atoms with Gasteiger partial charge in [0.1, 0.15) is 5.75 Å². The Kier molecular flexibility index (Phi) is 3.87. The van der Waals surface area contributed by atoms with E-state index in [0.717, 1.165) is 25.7 Å². The highest BCUT2D eigenvalue weighted by molar-refractivity contribution is 5.96. The summed E-state index contributed by atoms with van der Waals surface area (Å²) in [6.07, 6.45) is 4.15. The van der Waals surface area contributed by atoms with E-state index >= 15 is 0 Å². The molecule has 0 spiro atoms. The van der Waals surface area contributed by atoms with Crippen molar-refractivity contribution in [2.45, 2.75) is 37.8 Å². The third-order valence-electron chi connectivity index (χ3n) is 3.73. The van der Waals surface area contributed by atoms with Gasteiger partial charge in [0.15, 0.2) is 0 Å². The normalized spacial score (nSPS) is 23.7. The minimum atomic E-state index is -0.157. The number of likely N-dealkylation sites (N-methyl/N-ethyl adjacent to an activating group) is 1. The van der Waals surface area contributed by atoms with Gasteiger partial charge in [0.2, 0.25) is 0 Å². The van der Waals surface area contributed by atoms with Gasteiger partial charge in [-0.05, 0) is 25.0 Å². The Morgan fingerprint density at radius 3 is 2.67 bits per heavy atom. The maximum atomic E-state index is 12.3. The summed E-state index contributed by atoms with van der Waals surface area (Å²) in [5.41, 5.74) is 6.42. The molecule has 0 aliphatic heterocycles. The van der Waals surface area contributed by atoms with Crippen LogP contribution in [0.2, 0.25) is 0 Å². The van der Waals surface area contributed by atoms with Gasteiger partial charge in [-0.1, -0.05) is 25.0 Å². The summed E-state index contributed by atoms with van der Waals surface area (Å²) in [5.74, 6) is -0.130. The van der Waals surface area contributed by atoms with Gasteiger partial charge in [-0.25, -0.2) is 0 Å². The molecule has 1 amide bonds. The Hall–Kier alpha value is -1.55. The van der Waals surface area contributed by atoms with Gasteiger partial charge in [-0.15, -0.1) is 0 Å². The topological polar surface area (TPSA) is 66.6 Å². The van der Waals surface area contributed by atoms with E-state index in [1.807, 2.05) is 0 Å². The molecular weight excluding hydrogens is 228 g/mol. The second-order valence-corrected chi connectivity index (χ2v) is 4.95. The fraction of sp³-hybridized carbons (Fsp3) is 0.500. The molecule has 0 heterocycles. The quantitative estimate of drug-likeness (QED) is 0.837. The number of para-hydroxylation sites is 1. The van der Waals surface area contributed by atoms with Gasteiger partial charge in [0.05, 0.1) is 5.56 Å². The zero-order valence-corrected chi connectivity index (χ0v) is 10.7. The number of nitrogens with two attached hydrogens (primary N) is 1. The molecule has 1 aliphatic rings. The summed E-state index contributed by atoms with van der Waals surface area (Å²) in [5, 5.41) is 9.72. The molecule has 0 radical (unpaired) electrons. The van der Waals surface area contributed by atoms with Gasteiger partial charge >= 0.3 is 0 Å². The van der Waals surface area contributed by atoms with Gasteiger partial charge in [0.25, 0.3) is 5.91 Å². The molecule has 1 aliphatic carbocycles. The van der Waals surface area contributed by atoms with Gasteiger partial charge < -0.3 is 15.7 Å². The molecule has 4 nitrogen and oxygen atoms in total. The first-order valence-corrected chi connectivity index (χ1v) is 6.42. The molecule has 0 aromatic heterocycles. The third-order valence-corrected chi connectivity index (χ3v) is 3.73. The largest absolute Gasteiger partial charge is 0.507 e. The lowest BCUT2D eigenvalue weighted by molar-refractivity contribution is 0.0669. The van der Waals surface area contributed by atoms with Crippen LogP contribution in [0.5, 0.6) is 5.75 Å². The number of aromatic hydroxyl groups is 1. The summed E-state index contributed by atoms with van der Waals surface area (Å²) in [6.45, 7) is 0. The minimum absolute atomic E-state index is 0.0266. The van der Waals surface area contributed by atoms with Crippen LogP contribution in [-0.4, -0.2) is 35.0 Å². The molecule has 1 fully saturated rings. The smallest absolute Gasteiger partial charge is 0.257 e. The van der Waals surface area contributed by atoms with Crippen molar-refractivity contribution < 1.29 is 9.90 Å². The Morgan fingerprint density at radius 1 is 1.33 bits per heavy atom. The monoisotopic (exact) mass is 248 g/mol. The molecular formula is C14H20N2O2. The maximum Gasteiger partial charge on any atom is 0.257 e. The van der Waals surface area contributed by atoms with Crippen molar-refractivity contribution in [2.75, 3.05) is 7.05 Å². The highest BCUT2D eigenvalue weighted by Crippen LogP contribution is 2.24. The van der Waals surface area contributed by atoms with Crippen molar-refractivity contribution >= 4 is 5.91 Å². The Bertz CT molecular complexity index is 434. The van der Waals surface area contributed by atoms with Crippen molar-refractivity contribution in [1.29, 1.82) is 0 Å². The number of phenolic OH excluding ortho intramolecular Hbond substituents is 1. The van der Waals surface area contributed by atoms with Crippen LogP contribution in [-0.2, 0) is 0 Å². The van der Waals surface area contributed by atoms with Crippen LogP contribution in [0.1, 0.15) is 36.0 Å². The van der Waals surface area contributed by atoms with Crippen molar-refractivity contribution in [3.05, 3.63) is 29.8 Å². The number of hydrogen-bond donors (Lipinski definition) is 2. The molecule has 1 aromatic carbocycles. The first-order chi connectivity index (χ1) is 8.61. The van der Waals surface area contributed by atoms with Crippen molar-refractivity contribution in [2.24, 2.45) is 5.73 Å². The molecule has 3 N–H and O–H groups in total. The zero-order chi connectivity index (χ0) is 13.1. The molecule has 1 saturated carbocycles. The zero-order valence-electron chi connectivity index (χ0n) is 10.7. The lowest BCUT2D eigenvalue weighted by atomic mass is 9.90. The standard InChI is InChI=1S/C14H20N2O2/c1-16(12-8-4-3-7-11(12)15)14(18)10-6-2-5-9-13(10)17/h2,5-6,9,11-12,17H,3-4,7-8,15H2,1H3. The fourth-order valence-corrected chi connectivity index (χ4v) is 2.62. The highest BCUT2D eigenvalue weighted by Gasteiger charge is 2.29. The predicted octanol–water partition coefficient (Wildman–Crippen LogP) is 1.73. The van der Waals surface area contributed by atoms with E-state index in [1.165, 1.54) is 6.07 Å². The number of phenols is 1. The van der Waals surface area contributed by atoms with Crippen molar-refractivity contribution in [3.63, 3.8) is 0 Å². The van der Waals surface area contributed by atoms with E-state index in [9.17, 15) is 9.90 Å². The van der Waals surface area contributed by atoms with Crippen LogP contribution in [0, 0.1) is 0 Å². The lowest BCUT2D eigenvalue weighted by Gasteiger charge is -2.36. The van der Waals surface area contributed by atoms with Crippen LogP contribution in [0.15, 0.2) is 24.3 Å². The average molecular weight is 248 g/mol. The van der Waals surface area contributed by atoms with Crippen LogP contribution >= 0.6 is 0 Å². The van der Waals surface area contributed by atoms with E-state index in [4.69, 9.17) is 5.73 Å². The molecule has 1 aromatic rings. The van der Waals surface area contributed by atoms with Crippen molar-refractivity contribution in [3.8, 4) is 5.75 Å². The summed E-state index contributed by atoms with van der Waals surface area (Å²) in [7, 11) is 1.77. The van der Waals surface area contributed by atoms with Crippen molar-refractivity contribution in [1.82, 2.24) is 4.90 Å². The SMILES string of the molecule is CN(C(=O)c1ccccc1O)C1CCCCC1N. The van der Waals surface area contributed by atoms with Crippen LogP contribution in [0.4, 0.5) is 0 Å². The molecule has 0 bridgehead atoms. The number of carbonyl (C=O) groups is 1. The number of nitrogens with zero attached hydrogens (tertiary/aromatic N) is 1. The van der Waals surface area contributed by atoms with E-state index < -0.39 is 0 Å². The molecule has 0 saturated heterocycles. The van der Waals surface area contributed by atoms with E-state index in [-0.39, 0.29) is 23.7 Å². The maximum absolute atomic E-state index is 12.3. The molecule has 2 atom stereocenters. The second-order valence-electron chi connectivity index (χ2n) is 4.95. The summed E-state index contributed by atoms with van der Waals surface area (Å²) < 4.78 is 0. The van der Waals surface area contributed by atoms with Gasteiger partial charge in [-0.3, -0.25) is 4.79 Å².